The van der Waals surface area contributed by atoms with E-state index in [-0.39, 0.29) is 28.1 Å². The van der Waals surface area contributed by atoms with Crippen molar-refractivity contribution in [3.8, 4) is 0 Å². The van der Waals surface area contributed by atoms with Crippen LogP contribution in [0.25, 0.3) is 0 Å². The van der Waals surface area contributed by atoms with E-state index in [1.54, 1.807) is 0 Å². The lowest BCUT2D eigenvalue weighted by molar-refractivity contribution is 0.0314. The van der Waals surface area contributed by atoms with E-state index < -0.39 is 15.6 Å². The number of ether oxygens (including phenoxy) is 1. The molecule has 19 heavy (non-hydrogen) atoms. The largest absolute Gasteiger partial charge is 0.386 e. The van der Waals surface area contributed by atoms with Gasteiger partial charge in [-0.25, -0.2) is 13.1 Å². The Morgan fingerprint density at radius 1 is 1.37 bits per heavy atom. The summed E-state index contributed by atoms with van der Waals surface area (Å²) in [5.74, 6) is 0. The van der Waals surface area contributed by atoms with E-state index in [4.69, 9.17) is 27.9 Å². The lowest BCUT2D eigenvalue weighted by atomic mass is 10.1. The first-order chi connectivity index (χ1) is 8.82. The number of aliphatic hydroxyl groups is 1. The molecule has 1 saturated heterocycles. The number of hydrogen-bond donors (Lipinski definition) is 2. The zero-order valence-electron chi connectivity index (χ0n) is 9.90. The van der Waals surface area contributed by atoms with Gasteiger partial charge in [-0.15, -0.1) is 0 Å². The second-order valence-corrected chi connectivity index (χ2v) is 7.01. The van der Waals surface area contributed by atoms with E-state index in [9.17, 15) is 13.5 Å². The molecule has 1 aliphatic heterocycles. The van der Waals surface area contributed by atoms with Crippen LogP contribution in [0.5, 0.6) is 0 Å². The molecule has 1 aliphatic rings. The van der Waals surface area contributed by atoms with Gasteiger partial charge in [-0.1, -0.05) is 23.2 Å². The lowest BCUT2D eigenvalue weighted by Crippen LogP contribution is -2.43. The molecule has 1 heterocycles. The number of sulfonamides is 1. The van der Waals surface area contributed by atoms with Crippen molar-refractivity contribution in [1.82, 2.24) is 4.72 Å². The highest BCUT2D eigenvalue weighted by Crippen LogP contribution is 2.25. The van der Waals surface area contributed by atoms with E-state index in [2.05, 4.69) is 4.72 Å². The number of halogens is 2. The highest BCUT2D eigenvalue weighted by atomic mass is 35.5. The van der Waals surface area contributed by atoms with Crippen LogP contribution in [0.4, 0.5) is 0 Å². The SMILES string of the molecule is O=S(=O)(NCC1(O)CCOC1)c1ccc(Cl)c(Cl)c1. The third-order valence-corrected chi connectivity index (χ3v) is 5.01. The fraction of sp³-hybridized carbons (Fsp3) is 0.455. The van der Waals surface area contributed by atoms with Crippen LogP contribution in [0, 0.1) is 0 Å². The Kier molecular flexibility index (Phi) is 4.39. The third-order valence-electron chi connectivity index (χ3n) is 2.88. The van der Waals surface area contributed by atoms with Gasteiger partial charge in [0.05, 0.1) is 21.5 Å². The first-order valence-corrected chi connectivity index (χ1v) is 7.81. The molecule has 1 unspecified atom stereocenters. The van der Waals surface area contributed by atoms with E-state index in [0.29, 0.717) is 13.0 Å². The Balaban J connectivity index is 2.11. The van der Waals surface area contributed by atoms with Crippen LogP contribution in [0.3, 0.4) is 0 Å². The lowest BCUT2D eigenvalue weighted by Gasteiger charge is -2.20. The quantitative estimate of drug-likeness (QED) is 0.877. The van der Waals surface area contributed by atoms with Crippen molar-refractivity contribution in [2.45, 2.75) is 16.9 Å². The average molecular weight is 326 g/mol. The molecular weight excluding hydrogens is 313 g/mol. The van der Waals surface area contributed by atoms with E-state index in [1.807, 2.05) is 0 Å². The summed E-state index contributed by atoms with van der Waals surface area (Å²) in [5.41, 5.74) is -1.15. The topological polar surface area (TPSA) is 75.6 Å². The first-order valence-electron chi connectivity index (χ1n) is 5.57. The van der Waals surface area contributed by atoms with Crippen LogP contribution in [-0.4, -0.2) is 38.9 Å². The summed E-state index contributed by atoms with van der Waals surface area (Å²) in [5, 5.41) is 10.4. The normalized spacial score (nSPS) is 23.7. The Morgan fingerprint density at radius 3 is 2.68 bits per heavy atom. The summed E-state index contributed by atoms with van der Waals surface area (Å²) < 4.78 is 31.4. The smallest absolute Gasteiger partial charge is 0.240 e. The summed E-state index contributed by atoms with van der Waals surface area (Å²) in [6.07, 6.45) is 0.400. The minimum absolute atomic E-state index is 0.00409. The molecule has 1 fully saturated rings. The average Bonchev–Trinajstić information content (AvgIpc) is 2.78. The molecule has 2 rings (SSSR count). The molecule has 1 atom stereocenters. The number of benzene rings is 1. The molecule has 0 saturated carbocycles. The van der Waals surface area contributed by atoms with Crippen molar-refractivity contribution >= 4 is 33.2 Å². The van der Waals surface area contributed by atoms with Crippen molar-refractivity contribution in [3.05, 3.63) is 28.2 Å². The summed E-state index contributed by atoms with van der Waals surface area (Å²) in [7, 11) is -3.73. The van der Waals surface area contributed by atoms with E-state index in [0.717, 1.165) is 0 Å². The maximum atomic E-state index is 12.0. The van der Waals surface area contributed by atoms with Gasteiger partial charge in [-0.3, -0.25) is 0 Å². The van der Waals surface area contributed by atoms with Crippen LogP contribution in [0.2, 0.25) is 10.0 Å². The molecule has 0 radical (unpaired) electrons. The van der Waals surface area contributed by atoms with E-state index >= 15 is 0 Å². The van der Waals surface area contributed by atoms with Gasteiger partial charge >= 0.3 is 0 Å². The van der Waals surface area contributed by atoms with Crippen LogP contribution < -0.4 is 4.72 Å². The first kappa shape index (κ1) is 15.0. The van der Waals surface area contributed by atoms with Gasteiger partial charge in [0.15, 0.2) is 0 Å². The van der Waals surface area contributed by atoms with Gasteiger partial charge < -0.3 is 9.84 Å². The molecule has 1 aromatic carbocycles. The molecule has 106 valence electrons. The fourth-order valence-electron chi connectivity index (χ4n) is 1.69. The van der Waals surface area contributed by atoms with Crippen molar-refractivity contribution in [1.29, 1.82) is 0 Å². The predicted molar refractivity (Wildman–Crippen MR) is 72.0 cm³/mol. The third kappa shape index (κ3) is 3.59. The molecule has 0 amide bonds. The standard InChI is InChI=1S/C11H13Cl2NO4S/c12-9-2-1-8(5-10(9)13)19(16,17)14-6-11(15)3-4-18-7-11/h1-2,5,14-15H,3-4,6-7H2. The Bertz CT molecular complexity index is 570. The number of nitrogens with one attached hydrogen (secondary N) is 1. The maximum absolute atomic E-state index is 12.0. The van der Waals surface area contributed by atoms with Gasteiger partial charge in [0.25, 0.3) is 0 Å². The Hall–Kier alpha value is -0.370. The fourth-order valence-corrected chi connectivity index (χ4v) is 3.20. The van der Waals surface area contributed by atoms with Gasteiger partial charge in [0, 0.05) is 19.6 Å². The highest BCUT2D eigenvalue weighted by Gasteiger charge is 2.33. The van der Waals surface area contributed by atoms with Crippen LogP contribution in [0.15, 0.2) is 23.1 Å². The zero-order chi connectivity index (χ0) is 14.1. The van der Waals surface area contributed by atoms with Crippen LogP contribution >= 0.6 is 23.2 Å². The Labute approximate surface area is 121 Å². The molecule has 1 aromatic rings. The second-order valence-electron chi connectivity index (χ2n) is 4.43. The van der Waals surface area contributed by atoms with Crippen molar-refractivity contribution in [2.75, 3.05) is 19.8 Å². The van der Waals surface area contributed by atoms with Gasteiger partial charge in [0.1, 0.15) is 5.60 Å². The summed E-state index contributed by atoms with van der Waals surface area (Å²) in [6, 6.07) is 4.03. The van der Waals surface area contributed by atoms with E-state index in [1.165, 1.54) is 18.2 Å². The predicted octanol–water partition coefficient (Wildman–Crippen LogP) is 1.42. The second kappa shape index (κ2) is 5.55. The van der Waals surface area contributed by atoms with Crippen molar-refractivity contribution in [2.24, 2.45) is 0 Å². The monoisotopic (exact) mass is 325 g/mol. The van der Waals surface area contributed by atoms with Crippen LogP contribution in [0.1, 0.15) is 6.42 Å². The van der Waals surface area contributed by atoms with Crippen molar-refractivity contribution < 1.29 is 18.3 Å². The Morgan fingerprint density at radius 2 is 2.11 bits per heavy atom. The minimum atomic E-state index is -3.73. The molecule has 2 N–H and O–H groups in total. The minimum Gasteiger partial charge on any atom is -0.386 e. The van der Waals surface area contributed by atoms with Crippen LogP contribution in [-0.2, 0) is 14.8 Å². The molecule has 5 nitrogen and oxygen atoms in total. The summed E-state index contributed by atoms with van der Waals surface area (Å²) in [6.45, 7) is 0.442. The molecule has 0 bridgehead atoms. The number of rotatable bonds is 4. The van der Waals surface area contributed by atoms with Crippen molar-refractivity contribution in [3.63, 3.8) is 0 Å². The van der Waals surface area contributed by atoms with Gasteiger partial charge in [0.2, 0.25) is 10.0 Å². The molecule has 0 aromatic heterocycles. The van der Waals surface area contributed by atoms with Gasteiger partial charge in [-0.2, -0.15) is 0 Å². The summed E-state index contributed by atoms with van der Waals surface area (Å²) >= 11 is 11.5. The maximum Gasteiger partial charge on any atom is 0.240 e. The zero-order valence-corrected chi connectivity index (χ0v) is 12.2. The molecule has 0 aliphatic carbocycles. The van der Waals surface area contributed by atoms with Gasteiger partial charge in [-0.05, 0) is 18.2 Å². The highest BCUT2D eigenvalue weighted by molar-refractivity contribution is 7.89. The summed E-state index contributed by atoms with van der Waals surface area (Å²) in [4.78, 5) is 0.00409. The molecule has 0 spiro atoms. The molecular formula is C11H13Cl2NO4S. The molecule has 8 heteroatoms. The number of hydrogen-bond acceptors (Lipinski definition) is 4.